The number of oxime groups is 1. The van der Waals surface area contributed by atoms with Crippen LogP contribution >= 0.6 is 23.1 Å². The summed E-state index contributed by atoms with van der Waals surface area (Å²) in [5.74, 6) is -5.51. The fourth-order valence-corrected chi connectivity index (χ4v) is 4.83. The van der Waals surface area contributed by atoms with E-state index >= 15 is 0 Å². The van der Waals surface area contributed by atoms with Crippen LogP contribution in [0.25, 0.3) is 0 Å². The molecule has 3 amide bonds. The molecule has 2 aliphatic rings. The molecule has 1 fully saturated rings. The van der Waals surface area contributed by atoms with Gasteiger partial charge in [-0.1, -0.05) is 5.16 Å². The normalized spacial score (nSPS) is 20.5. The first-order valence-electron chi connectivity index (χ1n) is 8.62. The molecular formula is C16H12F3N5O7S2. The molecule has 3 N–H and O–H groups in total. The molecule has 0 spiro atoms. The zero-order valence-corrected chi connectivity index (χ0v) is 17.8. The van der Waals surface area contributed by atoms with Crippen molar-refractivity contribution in [1.82, 2.24) is 15.2 Å². The van der Waals surface area contributed by atoms with Gasteiger partial charge >= 0.3 is 18.1 Å². The number of nitrogens with one attached hydrogen (secondary N) is 2. The quantitative estimate of drug-likeness (QED) is 0.198. The van der Waals surface area contributed by atoms with Gasteiger partial charge in [-0.3, -0.25) is 29.4 Å². The van der Waals surface area contributed by atoms with Gasteiger partial charge in [0.25, 0.3) is 11.8 Å². The fraction of sp³-hybridized carbons (Fsp3) is 0.312. The number of carboxylic acids is 1. The molecule has 2 aliphatic heterocycles. The number of carbonyl (C=O) groups excluding carboxylic acids is 4. The van der Waals surface area contributed by atoms with Gasteiger partial charge in [-0.2, -0.15) is 13.2 Å². The number of rotatable bonds is 7. The maximum Gasteiger partial charge on any atom is 0.471 e. The number of hydrogen-bond donors (Lipinski definition) is 3. The van der Waals surface area contributed by atoms with Crippen molar-refractivity contribution in [2.24, 2.45) is 5.16 Å². The summed E-state index contributed by atoms with van der Waals surface area (Å²) < 4.78 is 37.2. The van der Waals surface area contributed by atoms with Crippen LogP contribution in [0.5, 0.6) is 0 Å². The summed E-state index contributed by atoms with van der Waals surface area (Å²) in [6.45, 7) is 0. The minimum Gasteiger partial charge on any atom is -0.477 e. The third-order valence-electron chi connectivity index (χ3n) is 4.25. The highest BCUT2D eigenvalue weighted by Gasteiger charge is 2.54. The molecule has 3 heterocycles. The van der Waals surface area contributed by atoms with Gasteiger partial charge in [-0.25, -0.2) is 9.78 Å². The second-order valence-corrected chi connectivity index (χ2v) is 8.23. The van der Waals surface area contributed by atoms with Gasteiger partial charge in [0, 0.05) is 16.7 Å². The number of aliphatic carboxylic acids is 1. The highest BCUT2D eigenvalue weighted by atomic mass is 32.2. The van der Waals surface area contributed by atoms with Crippen LogP contribution < -0.4 is 10.6 Å². The third kappa shape index (κ3) is 4.68. The monoisotopic (exact) mass is 507 g/mol. The van der Waals surface area contributed by atoms with Gasteiger partial charge in [-0.05, 0) is 0 Å². The highest BCUT2D eigenvalue weighted by molar-refractivity contribution is 8.00. The maximum atomic E-state index is 12.7. The second-order valence-electron chi connectivity index (χ2n) is 6.27. The smallest absolute Gasteiger partial charge is 0.471 e. The zero-order valence-electron chi connectivity index (χ0n) is 16.2. The van der Waals surface area contributed by atoms with E-state index in [2.05, 4.69) is 20.3 Å². The van der Waals surface area contributed by atoms with Crippen molar-refractivity contribution in [2.75, 3.05) is 18.2 Å². The SMILES string of the molecule is CO/N=C(/C(=O)NC1C(=O)N2C(C(=O)O)=C(C=O)CS[C@H]12)c1csc(NC(=O)C(F)(F)F)n1. The average molecular weight is 507 g/mol. The minimum atomic E-state index is -5.15. The van der Waals surface area contributed by atoms with E-state index in [1.54, 1.807) is 0 Å². The summed E-state index contributed by atoms with van der Waals surface area (Å²) in [7, 11) is 1.09. The number of alkyl halides is 3. The van der Waals surface area contributed by atoms with Gasteiger partial charge < -0.3 is 15.3 Å². The topological polar surface area (TPSA) is 167 Å². The summed E-state index contributed by atoms with van der Waals surface area (Å²) in [5, 5.41) is 16.5. The Labute approximate surface area is 189 Å². The largest absolute Gasteiger partial charge is 0.477 e. The minimum absolute atomic E-state index is 0.000677. The number of thiazole rings is 1. The molecule has 1 aromatic rings. The van der Waals surface area contributed by atoms with E-state index in [1.807, 2.05) is 0 Å². The van der Waals surface area contributed by atoms with Crippen molar-refractivity contribution in [2.45, 2.75) is 17.6 Å². The number of halogens is 3. The lowest BCUT2D eigenvalue weighted by molar-refractivity contribution is -0.167. The number of amides is 3. The van der Waals surface area contributed by atoms with E-state index in [1.165, 1.54) is 5.32 Å². The Balaban J connectivity index is 1.76. The van der Waals surface area contributed by atoms with Gasteiger partial charge in [0.15, 0.2) is 10.8 Å². The fourth-order valence-electron chi connectivity index (χ4n) is 2.85. The van der Waals surface area contributed by atoms with E-state index in [-0.39, 0.29) is 17.0 Å². The lowest BCUT2D eigenvalue weighted by Gasteiger charge is -2.48. The second kappa shape index (κ2) is 9.18. The predicted molar refractivity (Wildman–Crippen MR) is 106 cm³/mol. The van der Waals surface area contributed by atoms with Crippen molar-refractivity contribution < 1.29 is 47.1 Å². The van der Waals surface area contributed by atoms with Gasteiger partial charge in [0.2, 0.25) is 0 Å². The molecule has 0 aromatic carbocycles. The zero-order chi connectivity index (χ0) is 24.5. The van der Waals surface area contributed by atoms with Gasteiger partial charge in [-0.15, -0.1) is 23.1 Å². The number of carbonyl (C=O) groups is 5. The Hall–Kier alpha value is -3.47. The molecule has 176 valence electrons. The van der Waals surface area contributed by atoms with Crippen LogP contribution in [0.2, 0.25) is 0 Å². The molecule has 1 unspecified atom stereocenters. The van der Waals surface area contributed by atoms with Crippen molar-refractivity contribution >= 4 is 63.9 Å². The van der Waals surface area contributed by atoms with Crippen molar-refractivity contribution in [1.29, 1.82) is 0 Å². The highest BCUT2D eigenvalue weighted by Crippen LogP contribution is 2.39. The van der Waals surface area contributed by atoms with Crippen LogP contribution in [0.15, 0.2) is 21.8 Å². The van der Waals surface area contributed by atoms with Crippen molar-refractivity contribution in [3.05, 3.63) is 22.3 Å². The number of fused-ring (bicyclic) bond motifs is 1. The number of aldehydes is 1. The Kier molecular flexibility index (Phi) is 6.73. The van der Waals surface area contributed by atoms with E-state index in [4.69, 9.17) is 0 Å². The van der Waals surface area contributed by atoms with Crippen LogP contribution in [0.4, 0.5) is 18.3 Å². The summed E-state index contributed by atoms with van der Waals surface area (Å²) in [6, 6.07) is -1.17. The van der Waals surface area contributed by atoms with Crippen LogP contribution in [-0.2, 0) is 28.8 Å². The Morgan fingerprint density at radius 3 is 2.67 bits per heavy atom. The number of carboxylic acid groups (broad SMARTS) is 1. The molecule has 17 heteroatoms. The molecule has 33 heavy (non-hydrogen) atoms. The number of anilines is 1. The summed E-state index contributed by atoms with van der Waals surface area (Å²) in [4.78, 5) is 67.9. The lowest BCUT2D eigenvalue weighted by atomic mass is 10.0. The van der Waals surface area contributed by atoms with Gasteiger partial charge in [0.1, 0.15) is 36.2 Å². The first-order valence-corrected chi connectivity index (χ1v) is 10.5. The van der Waals surface area contributed by atoms with Crippen LogP contribution in [0, 0.1) is 0 Å². The molecule has 0 saturated carbocycles. The average Bonchev–Trinajstić information content (AvgIpc) is 3.21. The van der Waals surface area contributed by atoms with Gasteiger partial charge in [0.05, 0.1) is 0 Å². The molecule has 12 nitrogen and oxygen atoms in total. The molecule has 0 radical (unpaired) electrons. The Morgan fingerprint density at radius 2 is 2.09 bits per heavy atom. The summed E-state index contributed by atoms with van der Waals surface area (Å²) in [6.07, 6.45) is -4.81. The lowest BCUT2D eigenvalue weighted by Crippen LogP contribution is -2.71. The Bertz CT molecular complexity index is 1100. The summed E-state index contributed by atoms with van der Waals surface area (Å²) in [5.41, 5.74) is -1.30. The third-order valence-corrected chi connectivity index (χ3v) is 6.31. The first-order chi connectivity index (χ1) is 15.5. The van der Waals surface area contributed by atoms with Crippen LogP contribution in [0.1, 0.15) is 5.69 Å². The van der Waals surface area contributed by atoms with Crippen LogP contribution in [0.3, 0.4) is 0 Å². The molecule has 3 rings (SSSR count). The molecule has 0 aliphatic carbocycles. The van der Waals surface area contributed by atoms with E-state index < -0.39 is 57.8 Å². The number of β-lactam (4-membered cyclic amide) rings is 1. The first kappa shape index (κ1) is 24.2. The molecule has 1 aromatic heterocycles. The summed E-state index contributed by atoms with van der Waals surface area (Å²) >= 11 is 1.64. The van der Waals surface area contributed by atoms with Crippen molar-refractivity contribution in [3.63, 3.8) is 0 Å². The van der Waals surface area contributed by atoms with E-state index in [9.17, 15) is 42.3 Å². The van der Waals surface area contributed by atoms with E-state index in [0.717, 1.165) is 29.2 Å². The number of thioether (sulfide) groups is 1. The number of nitrogens with zero attached hydrogens (tertiary/aromatic N) is 3. The van der Waals surface area contributed by atoms with E-state index in [0.29, 0.717) is 17.6 Å². The van der Waals surface area contributed by atoms with Crippen LogP contribution in [-0.4, -0.2) is 81.1 Å². The number of hydrogen-bond acceptors (Lipinski definition) is 10. The standard InChI is InChI=1S/C16H12F3N5O7S2/c1-31-23-7(6-4-33-15(20-6)22-14(30)16(17,18)19)10(26)21-8-11(27)24-9(13(28)29)5(2-25)3-32-12(8)24/h2,4,8,12H,3H2,1H3,(H,21,26)(H,28,29)(H,20,22,30)/b23-7+/t8?,12-/m1/s1. The Morgan fingerprint density at radius 1 is 1.39 bits per heavy atom. The molecule has 1 saturated heterocycles. The van der Waals surface area contributed by atoms with Crippen molar-refractivity contribution in [3.8, 4) is 0 Å². The maximum absolute atomic E-state index is 12.7. The molecule has 0 bridgehead atoms. The molecule has 2 atom stereocenters. The number of aromatic nitrogens is 1. The predicted octanol–water partition coefficient (Wildman–Crippen LogP) is -0.0681. The molecular weight excluding hydrogens is 495 g/mol.